The number of carbonyl (C=O) groups is 2. The summed E-state index contributed by atoms with van der Waals surface area (Å²) in [5.74, 6) is 5.59. The zero-order chi connectivity index (χ0) is 14.5. The highest BCUT2D eigenvalue weighted by Crippen LogP contribution is 2.16. The van der Waals surface area contributed by atoms with Gasteiger partial charge in [0.2, 0.25) is 0 Å². The van der Waals surface area contributed by atoms with E-state index >= 15 is 0 Å². The Morgan fingerprint density at radius 1 is 1.22 bits per heavy atom. The highest BCUT2D eigenvalue weighted by Gasteiger charge is 2.28. The van der Waals surface area contributed by atoms with Crippen molar-refractivity contribution in [1.82, 2.24) is 15.2 Å². The first-order chi connectivity index (χ1) is 8.05. The topological polar surface area (TPSA) is 78.7 Å². The van der Waals surface area contributed by atoms with Gasteiger partial charge in [-0.25, -0.2) is 10.6 Å². The van der Waals surface area contributed by atoms with Crippen LogP contribution in [0.3, 0.4) is 0 Å². The van der Waals surface area contributed by atoms with E-state index in [0.29, 0.717) is 13.1 Å². The van der Waals surface area contributed by atoms with Gasteiger partial charge in [0.15, 0.2) is 5.78 Å². The minimum Gasteiger partial charge on any atom is -0.327 e. The third-order valence-corrected chi connectivity index (χ3v) is 2.52. The van der Waals surface area contributed by atoms with Crippen molar-refractivity contribution in [2.24, 2.45) is 11.3 Å². The fourth-order valence-corrected chi connectivity index (χ4v) is 1.39. The number of carbonyl (C=O) groups excluding carboxylic acids is 2. The standard InChI is InChI=1S/C12H26N4O2/c1-9(10(17)12(2,3)4)14-11(18)16(13)8-7-15(5)6/h9H,7-8,13H2,1-6H3,(H,14,18)/t9-/m1/s1. The lowest BCUT2D eigenvalue weighted by atomic mass is 9.87. The fraction of sp³-hybridized carbons (Fsp3) is 0.833. The highest BCUT2D eigenvalue weighted by molar-refractivity contribution is 5.91. The maximum Gasteiger partial charge on any atom is 0.332 e. The Kier molecular flexibility index (Phi) is 6.28. The van der Waals surface area contributed by atoms with E-state index in [9.17, 15) is 9.59 Å². The van der Waals surface area contributed by atoms with Gasteiger partial charge in [0.05, 0.1) is 12.6 Å². The van der Waals surface area contributed by atoms with E-state index in [2.05, 4.69) is 5.32 Å². The quantitative estimate of drug-likeness (QED) is 0.426. The van der Waals surface area contributed by atoms with Crippen LogP contribution >= 0.6 is 0 Å². The van der Waals surface area contributed by atoms with Gasteiger partial charge in [0, 0.05) is 12.0 Å². The smallest absolute Gasteiger partial charge is 0.327 e. The fourth-order valence-electron chi connectivity index (χ4n) is 1.39. The molecule has 0 spiro atoms. The predicted molar refractivity (Wildman–Crippen MR) is 71.9 cm³/mol. The Hall–Kier alpha value is -1.14. The number of hydrazine groups is 1. The van der Waals surface area contributed by atoms with Crippen LogP contribution < -0.4 is 11.2 Å². The number of urea groups is 1. The van der Waals surface area contributed by atoms with Crippen LogP contribution in [-0.4, -0.2) is 54.9 Å². The van der Waals surface area contributed by atoms with Gasteiger partial charge in [-0.3, -0.25) is 9.80 Å². The van der Waals surface area contributed by atoms with E-state index in [-0.39, 0.29) is 5.78 Å². The number of hydrogen-bond acceptors (Lipinski definition) is 4. The van der Waals surface area contributed by atoms with Crippen LogP contribution in [0.5, 0.6) is 0 Å². The van der Waals surface area contributed by atoms with Crippen LogP contribution in [0.15, 0.2) is 0 Å². The molecule has 18 heavy (non-hydrogen) atoms. The third-order valence-electron chi connectivity index (χ3n) is 2.52. The first-order valence-electron chi connectivity index (χ1n) is 6.07. The molecule has 6 nitrogen and oxygen atoms in total. The Labute approximate surface area is 109 Å². The van der Waals surface area contributed by atoms with Gasteiger partial charge in [-0.1, -0.05) is 20.8 Å². The van der Waals surface area contributed by atoms with E-state index < -0.39 is 17.5 Å². The molecule has 0 aliphatic rings. The maximum absolute atomic E-state index is 11.9. The zero-order valence-corrected chi connectivity index (χ0v) is 12.3. The number of amides is 2. The molecular weight excluding hydrogens is 232 g/mol. The van der Waals surface area contributed by atoms with Crippen LogP contribution in [0.4, 0.5) is 4.79 Å². The second-order valence-corrected chi connectivity index (χ2v) is 5.78. The van der Waals surface area contributed by atoms with Crippen molar-refractivity contribution in [3.8, 4) is 0 Å². The highest BCUT2D eigenvalue weighted by atomic mass is 16.2. The number of hydrogen-bond donors (Lipinski definition) is 2. The Morgan fingerprint density at radius 3 is 2.11 bits per heavy atom. The van der Waals surface area contributed by atoms with E-state index in [1.54, 1.807) is 6.92 Å². The molecule has 106 valence electrons. The van der Waals surface area contributed by atoms with Gasteiger partial charge >= 0.3 is 6.03 Å². The number of Topliss-reactive ketones (excluding diaryl/α,β-unsaturated/α-hetero) is 1. The summed E-state index contributed by atoms with van der Waals surface area (Å²) in [6.07, 6.45) is 0. The van der Waals surface area contributed by atoms with Gasteiger partial charge in [0.25, 0.3) is 0 Å². The second kappa shape index (κ2) is 6.70. The summed E-state index contributed by atoms with van der Waals surface area (Å²) in [6, 6.07) is -0.968. The van der Waals surface area contributed by atoms with Crippen LogP contribution in [0.25, 0.3) is 0 Å². The molecule has 0 saturated carbocycles. The molecule has 0 saturated heterocycles. The minimum absolute atomic E-state index is 0.0168. The molecule has 2 amide bonds. The molecule has 1 atom stereocenters. The van der Waals surface area contributed by atoms with Gasteiger partial charge in [0.1, 0.15) is 0 Å². The summed E-state index contributed by atoms with van der Waals surface area (Å²) in [5, 5.41) is 3.69. The predicted octanol–water partition coefficient (Wildman–Crippen LogP) is 0.437. The Bertz CT molecular complexity index is 297. The van der Waals surface area contributed by atoms with Crippen LogP contribution in [0.1, 0.15) is 27.7 Å². The van der Waals surface area contributed by atoms with Crippen LogP contribution in [0.2, 0.25) is 0 Å². The van der Waals surface area contributed by atoms with Crippen molar-refractivity contribution in [2.45, 2.75) is 33.7 Å². The lowest BCUT2D eigenvalue weighted by Gasteiger charge is -2.25. The van der Waals surface area contributed by atoms with Gasteiger partial charge in [-0.05, 0) is 21.0 Å². The van der Waals surface area contributed by atoms with E-state index in [4.69, 9.17) is 5.84 Å². The Balaban J connectivity index is 4.27. The summed E-state index contributed by atoms with van der Waals surface area (Å²) >= 11 is 0. The summed E-state index contributed by atoms with van der Waals surface area (Å²) in [6.45, 7) is 8.23. The first kappa shape index (κ1) is 16.9. The lowest BCUT2D eigenvalue weighted by molar-refractivity contribution is -0.127. The summed E-state index contributed by atoms with van der Waals surface area (Å²) in [7, 11) is 3.80. The molecule has 0 aromatic heterocycles. The molecule has 0 aliphatic heterocycles. The Morgan fingerprint density at radius 2 is 1.72 bits per heavy atom. The van der Waals surface area contributed by atoms with Crippen molar-refractivity contribution < 1.29 is 9.59 Å². The normalized spacial score (nSPS) is 13.3. The van der Waals surface area contributed by atoms with Crippen molar-refractivity contribution in [3.05, 3.63) is 0 Å². The molecule has 0 aliphatic carbocycles. The number of nitrogens with two attached hydrogens (primary N) is 1. The molecule has 0 radical (unpaired) electrons. The number of rotatable bonds is 5. The van der Waals surface area contributed by atoms with E-state index in [1.165, 1.54) is 0 Å². The molecule has 6 heteroatoms. The average molecular weight is 258 g/mol. The average Bonchev–Trinajstić information content (AvgIpc) is 2.22. The van der Waals surface area contributed by atoms with Crippen molar-refractivity contribution in [1.29, 1.82) is 0 Å². The van der Waals surface area contributed by atoms with Gasteiger partial charge in [-0.15, -0.1) is 0 Å². The number of nitrogens with one attached hydrogen (secondary N) is 1. The monoisotopic (exact) mass is 258 g/mol. The lowest BCUT2D eigenvalue weighted by Crippen LogP contribution is -2.52. The van der Waals surface area contributed by atoms with Crippen LogP contribution in [0, 0.1) is 5.41 Å². The number of likely N-dealkylation sites (N-methyl/N-ethyl adjacent to an activating group) is 1. The summed E-state index contributed by atoms with van der Waals surface area (Å²) in [4.78, 5) is 25.6. The zero-order valence-electron chi connectivity index (χ0n) is 12.3. The van der Waals surface area contributed by atoms with Crippen molar-refractivity contribution in [2.75, 3.05) is 27.2 Å². The minimum atomic E-state index is -0.539. The van der Waals surface area contributed by atoms with Gasteiger partial charge in [-0.2, -0.15) is 0 Å². The van der Waals surface area contributed by atoms with E-state index in [1.807, 2.05) is 39.8 Å². The van der Waals surface area contributed by atoms with E-state index in [0.717, 1.165) is 5.01 Å². The van der Waals surface area contributed by atoms with Gasteiger partial charge < -0.3 is 10.2 Å². The van der Waals surface area contributed by atoms with Crippen molar-refractivity contribution in [3.63, 3.8) is 0 Å². The first-order valence-corrected chi connectivity index (χ1v) is 6.07. The number of nitrogens with zero attached hydrogens (tertiary/aromatic N) is 2. The third kappa shape index (κ3) is 5.97. The molecule has 0 unspecified atom stereocenters. The second-order valence-electron chi connectivity index (χ2n) is 5.78. The molecule has 3 N–H and O–H groups in total. The summed E-state index contributed by atoms with van der Waals surface area (Å²) in [5.41, 5.74) is -0.476. The number of ketones is 1. The summed E-state index contributed by atoms with van der Waals surface area (Å²) < 4.78 is 0. The molecule has 0 aromatic rings. The molecule has 0 rings (SSSR count). The molecular formula is C12H26N4O2. The SMILES string of the molecule is C[C@@H](NC(=O)N(N)CCN(C)C)C(=O)C(C)(C)C. The van der Waals surface area contributed by atoms with Crippen LogP contribution in [-0.2, 0) is 4.79 Å². The maximum atomic E-state index is 11.9. The van der Waals surface area contributed by atoms with Crippen molar-refractivity contribution >= 4 is 11.8 Å². The molecule has 0 bridgehead atoms. The molecule has 0 fully saturated rings. The largest absolute Gasteiger partial charge is 0.332 e. The molecule has 0 heterocycles. The molecule has 0 aromatic carbocycles.